The van der Waals surface area contributed by atoms with Gasteiger partial charge in [-0.25, -0.2) is 14.8 Å². The number of carbonyl (C=O) groups is 1. The molecule has 1 aliphatic heterocycles. The van der Waals surface area contributed by atoms with Crippen LogP contribution < -0.4 is 10.2 Å². The number of anilines is 2. The number of halogens is 3. The van der Waals surface area contributed by atoms with E-state index in [9.17, 15) is 18.0 Å². The molecule has 1 saturated carbocycles. The van der Waals surface area contributed by atoms with Crippen molar-refractivity contribution in [1.29, 1.82) is 0 Å². The predicted molar refractivity (Wildman–Crippen MR) is 98.3 cm³/mol. The molecule has 0 spiro atoms. The van der Waals surface area contributed by atoms with E-state index in [4.69, 9.17) is 0 Å². The summed E-state index contributed by atoms with van der Waals surface area (Å²) in [5, 5.41) is 2.80. The molecule has 0 radical (unpaired) electrons. The molecule has 9 heteroatoms. The van der Waals surface area contributed by atoms with Gasteiger partial charge in [0.1, 0.15) is 5.82 Å². The van der Waals surface area contributed by atoms with Crippen molar-refractivity contribution >= 4 is 17.4 Å². The Morgan fingerprint density at radius 2 is 1.61 bits per heavy atom. The van der Waals surface area contributed by atoms with Gasteiger partial charge in [-0.05, 0) is 37.1 Å². The van der Waals surface area contributed by atoms with Gasteiger partial charge in [-0.2, -0.15) is 13.2 Å². The van der Waals surface area contributed by atoms with Gasteiger partial charge in [0.25, 0.3) is 0 Å². The highest BCUT2D eigenvalue weighted by Crippen LogP contribution is 2.37. The maximum absolute atomic E-state index is 12.7. The quantitative estimate of drug-likeness (QED) is 0.866. The Morgan fingerprint density at radius 1 is 1.00 bits per heavy atom. The van der Waals surface area contributed by atoms with Gasteiger partial charge in [-0.15, -0.1) is 0 Å². The summed E-state index contributed by atoms with van der Waals surface area (Å²) in [5.41, 5.74) is 0.612. The van der Waals surface area contributed by atoms with E-state index in [0.717, 1.165) is 36.5 Å². The number of nitrogens with zero attached hydrogens (tertiary/aromatic N) is 4. The first-order valence-electron chi connectivity index (χ1n) is 9.20. The van der Waals surface area contributed by atoms with E-state index in [1.165, 1.54) is 12.1 Å². The van der Waals surface area contributed by atoms with Crippen molar-refractivity contribution in [3.8, 4) is 0 Å². The molecule has 2 aromatic rings. The van der Waals surface area contributed by atoms with E-state index in [0.29, 0.717) is 37.8 Å². The first-order valence-corrected chi connectivity index (χ1v) is 9.20. The average molecular weight is 391 g/mol. The van der Waals surface area contributed by atoms with E-state index < -0.39 is 11.7 Å². The van der Waals surface area contributed by atoms with Gasteiger partial charge >= 0.3 is 12.2 Å². The van der Waals surface area contributed by atoms with Crippen molar-refractivity contribution in [1.82, 2.24) is 14.9 Å². The van der Waals surface area contributed by atoms with E-state index in [1.54, 1.807) is 17.3 Å². The second kappa shape index (κ2) is 7.29. The van der Waals surface area contributed by atoms with E-state index in [-0.39, 0.29) is 6.03 Å². The zero-order valence-corrected chi connectivity index (χ0v) is 15.1. The number of piperazine rings is 1. The van der Waals surface area contributed by atoms with E-state index >= 15 is 0 Å². The van der Waals surface area contributed by atoms with Crippen LogP contribution in [0.25, 0.3) is 0 Å². The molecular weight excluding hydrogens is 371 g/mol. The maximum atomic E-state index is 12.7. The molecule has 1 aliphatic carbocycles. The van der Waals surface area contributed by atoms with Crippen LogP contribution in [0.2, 0.25) is 0 Å². The smallest absolute Gasteiger partial charge is 0.368 e. The number of aromatic nitrogens is 2. The Bertz CT molecular complexity index is 826. The fourth-order valence-corrected chi connectivity index (χ4v) is 3.19. The summed E-state index contributed by atoms with van der Waals surface area (Å²) < 4.78 is 38.0. The molecule has 4 rings (SSSR count). The Balaban J connectivity index is 1.30. The number of nitrogens with one attached hydrogen (secondary N) is 1. The van der Waals surface area contributed by atoms with Crippen molar-refractivity contribution in [2.75, 3.05) is 36.4 Å². The van der Waals surface area contributed by atoms with Crippen molar-refractivity contribution < 1.29 is 18.0 Å². The third-order valence-corrected chi connectivity index (χ3v) is 4.99. The van der Waals surface area contributed by atoms with Gasteiger partial charge in [-0.3, -0.25) is 0 Å². The highest BCUT2D eigenvalue weighted by Gasteiger charge is 2.30. The SMILES string of the molecule is O=C(Nc1cnc(C2CC2)nc1)N1CCN(c2ccc(C(F)(F)F)cc2)CC1. The monoisotopic (exact) mass is 391 g/mol. The lowest BCUT2D eigenvalue weighted by molar-refractivity contribution is -0.137. The molecule has 0 atom stereocenters. The zero-order chi connectivity index (χ0) is 19.7. The Morgan fingerprint density at radius 3 is 2.14 bits per heavy atom. The lowest BCUT2D eigenvalue weighted by Crippen LogP contribution is -2.50. The molecule has 2 heterocycles. The van der Waals surface area contributed by atoms with Crippen LogP contribution in [0.4, 0.5) is 29.3 Å². The third kappa shape index (κ3) is 4.18. The van der Waals surface area contributed by atoms with Gasteiger partial charge in [0.15, 0.2) is 0 Å². The van der Waals surface area contributed by atoms with Crippen LogP contribution >= 0.6 is 0 Å². The number of carbonyl (C=O) groups excluding carboxylic acids is 1. The molecule has 2 fully saturated rings. The molecule has 1 aromatic carbocycles. The van der Waals surface area contributed by atoms with Crippen LogP contribution in [0, 0.1) is 0 Å². The molecule has 1 aromatic heterocycles. The minimum absolute atomic E-state index is 0.227. The molecular formula is C19H20F3N5O. The summed E-state index contributed by atoms with van der Waals surface area (Å²) in [7, 11) is 0. The predicted octanol–water partition coefficient (Wildman–Crippen LogP) is 3.73. The Kier molecular flexibility index (Phi) is 4.82. The Labute approximate surface area is 160 Å². The van der Waals surface area contributed by atoms with E-state index in [1.807, 2.05) is 4.90 Å². The van der Waals surface area contributed by atoms with Crippen LogP contribution in [0.3, 0.4) is 0 Å². The number of alkyl halides is 3. The molecule has 0 bridgehead atoms. The topological polar surface area (TPSA) is 61.4 Å². The lowest BCUT2D eigenvalue weighted by atomic mass is 10.1. The molecule has 2 aliphatic rings. The van der Waals surface area contributed by atoms with Gasteiger partial charge in [-0.1, -0.05) is 0 Å². The summed E-state index contributed by atoms with van der Waals surface area (Å²) in [4.78, 5) is 24.6. The van der Waals surface area contributed by atoms with Crippen LogP contribution in [0.5, 0.6) is 0 Å². The number of rotatable bonds is 3. The second-order valence-corrected chi connectivity index (χ2v) is 7.05. The maximum Gasteiger partial charge on any atom is 0.416 e. The number of hydrogen-bond donors (Lipinski definition) is 1. The van der Waals surface area contributed by atoms with Gasteiger partial charge in [0, 0.05) is 37.8 Å². The number of urea groups is 1. The molecule has 1 N–H and O–H groups in total. The standard InChI is InChI=1S/C19H20F3N5O/c20-19(21,22)14-3-5-16(6-4-14)26-7-9-27(10-8-26)18(28)25-15-11-23-17(24-12-15)13-1-2-13/h3-6,11-13H,1-2,7-10H2,(H,25,28). The minimum atomic E-state index is -4.34. The van der Waals surface area contributed by atoms with Gasteiger partial charge < -0.3 is 15.1 Å². The molecule has 28 heavy (non-hydrogen) atoms. The summed E-state index contributed by atoms with van der Waals surface area (Å²) in [6, 6.07) is 4.88. The highest BCUT2D eigenvalue weighted by molar-refractivity contribution is 5.89. The molecule has 0 unspecified atom stereocenters. The fourth-order valence-electron chi connectivity index (χ4n) is 3.19. The highest BCUT2D eigenvalue weighted by atomic mass is 19.4. The first kappa shape index (κ1) is 18.5. The molecule has 148 valence electrons. The van der Waals surface area contributed by atoms with Crippen molar-refractivity contribution in [2.45, 2.75) is 24.9 Å². The minimum Gasteiger partial charge on any atom is -0.368 e. The third-order valence-electron chi connectivity index (χ3n) is 4.99. The first-order chi connectivity index (χ1) is 13.4. The summed E-state index contributed by atoms with van der Waals surface area (Å²) in [6.07, 6.45) is 1.15. The summed E-state index contributed by atoms with van der Waals surface area (Å²) >= 11 is 0. The van der Waals surface area contributed by atoms with Crippen molar-refractivity contribution in [3.05, 3.63) is 48.0 Å². The molecule has 2 amide bonds. The van der Waals surface area contributed by atoms with Gasteiger partial charge in [0.2, 0.25) is 0 Å². The average Bonchev–Trinajstić information content (AvgIpc) is 3.53. The van der Waals surface area contributed by atoms with Gasteiger partial charge in [0.05, 0.1) is 23.6 Å². The van der Waals surface area contributed by atoms with Crippen molar-refractivity contribution in [2.24, 2.45) is 0 Å². The summed E-state index contributed by atoms with van der Waals surface area (Å²) in [6.45, 7) is 2.06. The van der Waals surface area contributed by atoms with Crippen LogP contribution in [-0.2, 0) is 6.18 Å². The number of benzene rings is 1. The molecule has 6 nitrogen and oxygen atoms in total. The zero-order valence-electron chi connectivity index (χ0n) is 15.1. The van der Waals surface area contributed by atoms with Crippen LogP contribution in [0.15, 0.2) is 36.7 Å². The fraction of sp³-hybridized carbons (Fsp3) is 0.421. The normalized spacial score (nSPS) is 17.5. The van der Waals surface area contributed by atoms with Crippen molar-refractivity contribution in [3.63, 3.8) is 0 Å². The second-order valence-electron chi connectivity index (χ2n) is 7.05. The lowest BCUT2D eigenvalue weighted by Gasteiger charge is -2.36. The number of hydrogen-bond acceptors (Lipinski definition) is 4. The molecule has 1 saturated heterocycles. The Hall–Kier alpha value is -2.84. The van der Waals surface area contributed by atoms with Crippen LogP contribution in [0.1, 0.15) is 30.1 Å². The van der Waals surface area contributed by atoms with E-state index in [2.05, 4.69) is 15.3 Å². The summed E-state index contributed by atoms with van der Waals surface area (Å²) in [5.74, 6) is 1.28. The largest absolute Gasteiger partial charge is 0.416 e. The van der Waals surface area contributed by atoms with Crippen LogP contribution in [-0.4, -0.2) is 47.1 Å². The number of amides is 2.